The second-order valence-electron chi connectivity index (χ2n) is 6.96. The highest BCUT2D eigenvalue weighted by molar-refractivity contribution is 4.86. The summed E-state index contributed by atoms with van der Waals surface area (Å²) >= 11 is 0. The van der Waals surface area contributed by atoms with Gasteiger partial charge in [-0.25, -0.2) is 0 Å². The summed E-state index contributed by atoms with van der Waals surface area (Å²) in [5.74, 6) is 1.78. The molecule has 4 atom stereocenters. The first-order chi connectivity index (χ1) is 9.22. The van der Waals surface area contributed by atoms with E-state index in [1.54, 1.807) is 0 Å². The molecule has 19 heavy (non-hydrogen) atoms. The minimum absolute atomic E-state index is 0.790. The van der Waals surface area contributed by atoms with Gasteiger partial charge in [0.05, 0.1) is 0 Å². The number of rotatable bonds is 5. The Balaban J connectivity index is 1.87. The van der Waals surface area contributed by atoms with Crippen molar-refractivity contribution >= 4 is 0 Å². The fourth-order valence-corrected chi connectivity index (χ4v) is 4.00. The minimum atomic E-state index is 0.790. The monoisotopic (exact) mass is 266 g/mol. The van der Waals surface area contributed by atoms with Gasteiger partial charge in [-0.05, 0) is 64.0 Å². The van der Waals surface area contributed by atoms with Crippen LogP contribution in [-0.2, 0) is 0 Å². The molecule has 1 saturated heterocycles. The van der Waals surface area contributed by atoms with E-state index in [2.05, 4.69) is 31.0 Å². The minimum Gasteiger partial charge on any atom is -0.314 e. The third kappa shape index (κ3) is 4.19. The van der Waals surface area contributed by atoms with Crippen molar-refractivity contribution in [1.29, 1.82) is 0 Å². The zero-order chi connectivity index (χ0) is 13.7. The van der Waals surface area contributed by atoms with Crippen LogP contribution in [0.4, 0.5) is 0 Å². The molecule has 2 rings (SSSR count). The average Bonchev–Trinajstić information content (AvgIpc) is 2.43. The average molecular weight is 266 g/mol. The summed E-state index contributed by atoms with van der Waals surface area (Å²) in [6, 6.07) is 1.58. The molecule has 0 aromatic heterocycles. The van der Waals surface area contributed by atoms with Gasteiger partial charge in [0.1, 0.15) is 0 Å². The van der Waals surface area contributed by atoms with Gasteiger partial charge in [0.15, 0.2) is 0 Å². The van der Waals surface area contributed by atoms with E-state index in [1.165, 1.54) is 64.6 Å². The van der Waals surface area contributed by atoms with Crippen LogP contribution in [-0.4, -0.2) is 36.6 Å². The Morgan fingerprint density at radius 2 is 1.84 bits per heavy atom. The molecule has 112 valence electrons. The maximum absolute atomic E-state index is 3.81. The molecule has 1 aliphatic heterocycles. The molecule has 0 amide bonds. The molecule has 1 N–H and O–H groups in total. The highest BCUT2D eigenvalue weighted by Crippen LogP contribution is 2.29. The van der Waals surface area contributed by atoms with Crippen LogP contribution in [0.25, 0.3) is 0 Å². The molecule has 0 radical (unpaired) electrons. The van der Waals surface area contributed by atoms with Gasteiger partial charge in [-0.15, -0.1) is 0 Å². The maximum atomic E-state index is 3.81. The summed E-state index contributed by atoms with van der Waals surface area (Å²) in [5.41, 5.74) is 0. The summed E-state index contributed by atoms with van der Waals surface area (Å²) in [7, 11) is 0. The van der Waals surface area contributed by atoms with E-state index in [0.717, 1.165) is 23.9 Å². The second kappa shape index (κ2) is 7.64. The molecular formula is C17H34N2. The molecule has 0 aromatic carbocycles. The smallest absolute Gasteiger partial charge is 0.0107 e. The van der Waals surface area contributed by atoms with Crippen LogP contribution in [0.3, 0.4) is 0 Å². The van der Waals surface area contributed by atoms with E-state index in [4.69, 9.17) is 0 Å². The SMILES string of the molecule is CCCNC1CCCCC1CN1CCCC(C)C1C. The van der Waals surface area contributed by atoms with Crippen LogP contribution < -0.4 is 5.32 Å². The normalized spacial score (nSPS) is 37.4. The van der Waals surface area contributed by atoms with Gasteiger partial charge >= 0.3 is 0 Å². The Morgan fingerprint density at radius 1 is 1.05 bits per heavy atom. The molecule has 0 bridgehead atoms. The maximum Gasteiger partial charge on any atom is 0.0107 e. The first-order valence-electron chi connectivity index (χ1n) is 8.69. The Labute approximate surface area is 120 Å². The van der Waals surface area contributed by atoms with Crippen LogP contribution in [0.2, 0.25) is 0 Å². The summed E-state index contributed by atoms with van der Waals surface area (Å²) in [6.45, 7) is 11.0. The molecule has 1 saturated carbocycles. The van der Waals surface area contributed by atoms with Crippen molar-refractivity contribution in [2.75, 3.05) is 19.6 Å². The highest BCUT2D eigenvalue weighted by Gasteiger charge is 2.30. The van der Waals surface area contributed by atoms with Gasteiger partial charge in [0, 0.05) is 18.6 Å². The quantitative estimate of drug-likeness (QED) is 0.817. The lowest BCUT2D eigenvalue weighted by molar-refractivity contribution is 0.0765. The number of nitrogens with one attached hydrogen (secondary N) is 1. The van der Waals surface area contributed by atoms with Gasteiger partial charge < -0.3 is 10.2 Å². The van der Waals surface area contributed by atoms with Gasteiger partial charge in [0.2, 0.25) is 0 Å². The van der Waals surface area contributed by atoms with E-state index in [0.29, 0.717) is 0 Å². The van der Waals surface area contributed by atoms with E-state index < -0.39 is 0 Å². The van der Waals surface area contributed by atoms with Crippen molar-refractivity contribution in [3.05, 3.63) is 0 Å². The lowest BCUT2D eigenvalue weighted by Crippen LogP contribution is -2.49. The van der Waals surface area contributed by atoms with Crippen LogP contribution in [0, 0.1) is 11.8 Å². The van der Waals surface area contributed by atoms with Gasteiger partial charge in [-0.3, -0.25) is 0 Å². The van der Waals surface area contributed by atoms with Crippen molar-refractivity contribution in [3.63, 3.8) is 0 Å². The third-order valence-corrected chi connectivity index (χ3v) is 5.54. The fraction of sp³-hybridized carbons (Fsp3) is 1.00. The van der Waals surface area contributed by atoms with Gasteiger partial charge in [-0.1, -0.05) is 26.7 Å². The van der Waals surface area contributed by atoms with Crippen molar-refractivity contribution in [2.45, 2.75) is 77.8 Å². The molecular weight excluding hydrogens is 232 g/mol. The van der Waals surface area contributed by atoms with Crippen LogP contribution in [0.5, 0.6) is 0 Å². The molecule has 1 heterocycles. The zero-order valence-corrected chi connectivity index (χ0v) is 13.3. The number of nitrogens with zero attached hydrogens (tertiary/aromatic N) is 1. The number of piperidine rings is 1. The first kappa shape index (κ1) is 15.3. The largest absolute Gasteiger partial charge is 0.314 e. The number of hydrogen-bond donors (Lipinski definition) is 1. The van der Waals surface area contributed by atoms with E-state index in [1.807, 2.05) is 0 Å². The number of likely N-dealkylation sites (tertiary alicyclic amines) is 1. The molecule has 2 nitrogen and oxygen atoms in total. The topological polar surface area (TPSA) is 15.3 Å². The van der Waals surface area contributed by atoms with Crippen LogP contribution in [0.1, 0.15) is 65.7 Å². The Morgan fingerprint density at radius 3 is 2.63 bits per heavy atom. The van der Waals surface area contributed by atoms with Crippen molar-refractivity contribution in [2.24, 2.45) is 11.8 Å². The lowest BCUT2D eigenvalue weighted by atomic mass is 9.82. The molecule has 0 aromatic rings. The Bertz CT molecular complexity index is 254. The molecule has 1 aliphatic carbocycles. The summed E-state index contributed by atoms with van der Waals surface area (Å²) in [4.78, 5) is 2.78. The van der Waals surface area contributed by atoms with E-state index in [9.17, 15) is 0 Å². The summed E-state index contributed by atoms with van der Waals surface area (Å²) < 4.78 is 0. The van der Waals surface area contributed by atoms with Gasteiger partial charge in [0.25, 0.3) is 0 Å². The molecule has 4 unspecified atom stereocenters. The Hall–Kier alpha value is -0.0800. The van der Waals surface area contributed by atoms with Crippen molar-refractivity contribution in [3.8, 4) is 0 Å². The van der Waals surface area contributed by atoms with Crippen molar-refractivity contribution < 1.29 is 0 Å². The van der Waals surface area contributed by atoms with E-state index >= 15 is 0 Å². The predicted octanol–water partition coefficient (Wildman–Crippen LogP) is 3.67. The third-order valence-electron chi connectivity index (χ3n) is 5.54. The molecule has 2 fully saturated rings. The predicted molar refractivity (Wildman–Crippen MR) is 83.5 cm³/mol. The van der Waals surface area contributed by atoms with E-state index in [-0.39, 0.29) is 0 Å². The van der Waals surface area contributed by atoms with Crippen molar-refractivity contribution in [1.82, 2.24) is 10.2 Å². The molecule has 0 spiro atoms. The Kier molecular flexibility index (Phi) is 6.15. The highest BCUT2D eigenvalue weighted by atomic mass is 15.2. The zero-order valence-electron chi connectivity index (χ0n) is 13.3. The van der Waals surface area contributed by atoms with Crippen LogP contribution in [0.15, 0.2) is 0 Å². The fourth-order valence-electron chi connectivity index (χ4n) is 4.00. The van der Waals surface area contributed by atoms with Crippen LogP contribution >= 0.6 is 0 Å². The molecule has 2 aliphatic rings. The standard InChI is InChI=1S/C17H34N2/c1-4-11-18-17-10-6-5-9-16(17)13-19-12-7-8-14(2)15(19)3/h14-18H,4-13H2,1-3H3. The summed E-state index contributed by atoms with van der Waals surface area (Å²) in [5, 5.41) is 3.81. The molecule has 2 heteroatoms. The lowest BCUT2D eigenvalue weighted by Gasteiger charge is -2.42. The number of hydrogen-bond acceptors (Lipinski definition) is 2. The summed E-state index contributed by atoms with van der Waals surface area (Å²) in [6.07, 6.45) is 9.84. The van der Waals surface area contributed by atoms with Gasteiger partial charge in [-0.2, -0.15) is 0 Å². The second-order valence-corrected chi connectivity index (χ2v) is 6.96. The first-order valence-corrected chi connectivity index (χ1v) is 8.69.